The number of aromatic nitrogens is 1. The first-order chi connectivity index (χ1) is 12.6. The third-order valence-electron chi connectivity index (χ3n) is 5.65. The number of rotatable bonds is 6. The first-order valence-corrected chi connectivity index (χ1v) is 9.57. The Balaban J connectivity index is 1.57. The second-order valence-corrected chi connectivity index (χ2v) is 7.63. The van der Waals surface area contributed by atoms with Crippen LogP contribution in [0.25, 0.3) is 0 Å². The average Bonchev–Trinajstić information content (AvgIpc) is 2.66. The van der Waals surface area contributed by atoms with E-state index >= 15 is 0 Å². The molecule has 1 aromatic rings. The number of methoxy groups -OCH3 is 1. The largest absolute Gasteiger partial charge is 0.469 e. The summed E-state index contributed by atoms with van der Waals surface area (Å²) in [6, 6.07) is 5.85. The molecular weight excluding hydrogens is 330 g/mol. The number of carbonyl (C=O) groups excluding carboxylic acids is 2. The van der Waals surface area contributed by atoms with Crippen LogP contribution in [-0.4, -0.2) is 59.9 Å². The fourth-order valence-electron chi connectivity index (χ4n) is 4.32. The molecule has 3 heterocycles. The molecule has 142 valence electrons. The van der Waals surface area contributed by atoms with Crippen molar-refractivity contribution in [1.82, 2.24) is 14.8 Å². The first-order valence-electron chi connectivity index (χ1n) is 9.57. The van der Waals surface area contributed by atoms with E-state index < -0.39 is 0 Å². The molecular formula is C20H29N3O3. The molecule has 2 saturated heterocycles. The number of pyridine rings is 1. The fourth-order valence-corrected chi connectivity index (χ4v) is 4.32. The van der Waals surface area contributed by atoms with Crippen LogP contribution in [0.1, 0.15) is 44.2 Å². The number of hydrogen-bond acceptors (Lipinski definition) is 5. The van der Waals surface area contributed by atoms with Gasteiger partial charge in [0.1, 0.15) is 0 Å². The molecule has 6 nitrogen and oxygen atoms in total. The van der Waals surface area contributed by atoms with Crippen molar-refractivity contribution in [3.05, 3.63) is 30.1 Å². The van der Waals surface area contributed by atoms with Crippen molar-refractivity contribution in [3.63, 3.8) is 0 Å². The lowest BCUT2D eigenvalue weighted by molar-refractivity contribution is -0.142. The summed E-state index contributed by atoms with van der Waals surface area (Å²) >= 11 is 0. The molecule has 6 heteroatoms. The highest BCUT2D eigenvalue weighted by molar-refractivity contribution is 5.77. The topological polar surface area (TPSA) is 62.7 Å². The second kappa shape index (κ2) is 8.62. The molecule has 0 N–H and O–H groups in total. The quantitative estimate of drug-likeness (QED) is 0.729. The van der Waals surface area contributed by atoms with Crippen LogP contribution >= 0.6 is 0 Å². The Bertz CT molecular complexity index is 622. The Morgan fingerprint density at radius 1 is 1.31 bits per heavy atom. The van der Waals surface area contributed by atoms with Gasteiger partial charge in [-0.1, -0.05) is 6.07 Å². The molecule has 3 rings (SSSR count). The first kappa shape index (κ1) is 18.8. The molecule has 1 aromatic heterocycles. The third-order valence-corrected chi connectivity index (χ3v) is 5.65. The van der Waals surface area contributed by atoms with Gasteiger partial charge in [-0.15, -0.1) is 0 Å². The minimum Gasteiger partial charge on any atom is -0.469 e. The molecule has 26 heavy (non-hydrogen) atoms. The number of piperidine rings is 2. The van der Waals surface area contributed by atoms with Gasteiger partial charge in [0, 0.05) is 37.5 Å². The molecule has 1 atom stereocenters. The van der Waals surface area contributed by atoms with Gasteiger partial charge >= 0.3 is 5.97 Å². The maximum Gasteiger partial charge on any atom is 0.305 e. The van der Waals surface area contributed by atoms with Crippen molar-refractivity contribution in [2.45, 2.75) is 45.1 Å². The Morgan fingerprint density at radius 2 is 2.19 bits per heavy atom. The Morgan fingerprint density at radius 3 is 2.96 bits per heavy atom. The van der Waals surface area contributed by atoms with Crippen LogP contribution in [0.3, 0.4) is 0 Å². The van der Waals surface area contributed by atoms with Crippen molar-refractivity contribution in [3.8, 4) is 0 Å². The highest BCUT2D eigenvalue weighted by Gasteiger charge is 2.41. The smallest absolute Gasteiger partial charge is 0.305 e. The van der Waals surface area contributed by atoms with Gasteiger partial charge in [0.05, 0.1) is 19.3 Å². The molecule has 1 amide bonds. The summed E-state index contributed by atoms with van der Waals surface area (Å²) in [6.45, 7) is 4.43. The second-order valence-electron chi connectivity index (χ2n) is 7.63. The summed E-state index contributed by atoms with van der Waals surface area (Å²) in [5.74, 6) is 0.102. The van der Waals surface area contributed by atoms with Crippen molar-refractivity contribution < 1.29 is 14.3 Å². The maximum atomic E-state index is 12.4. The highest BCUT2D eigenvalue weighted by atomic mass is 16.5. The van der Waals surface area contributed by atoms with Crippen molar-refractivity contribution in [2.75, 3.05) is 33.3 Å². The van der Waals surface area contributed by atoms with Gasteiger partial charge < -0.3 is 14.5 Å². The van der Waals surface area contributed by atoms with E-state index in [1.165, 1.54) is 13.5 Å². The van der Waals surface area contributed by atoms with Gasteiger partial charge in [-0.05, 0) is 50.9 Å². The minimum absolute atomic E-state index is 0.137. The molecule has 1 unspecified atom stereocenters. The van der Waals surface area contributed by atoms with Crippen LogP contribution < -0.4 is 0 Å². The van der Waals surface area contributed by atoms with Crippen LogP contribution in [0.15, 0.2) is 24.4 Å². The summed E-state index contributed by atoms with van der Waals surface area (Å²) in [7, 11) is 1.44. The fraction of sp³-hybridized carbons (Fsp3) is 0.650. The lowest BCUT2D eigenvalue weighted by Gasteiger charge is -2.48. The van der Waals surface area contributed by atoms with Crippen LogP contribution in [-0.2, 0) is 20.9 Å². The van der Waals surface area contributed by atoms with Crippen LogP contribution in [0, 0.1) is 5.41 Å². The Hall–Kier alpha value is -1.95. The van der Waals surface area contributed by atoms with E-state index in [1.807, 2.05) is 23.1 Å². The van der Waals surface area contributed by atoms with Gasteiger partial charge in [-0.2, -0.15) is 0 Å². The number of ether oxygens (including phenoxy) is 1. The third kappa shape index (κ3) is 4.81. The Labute approximate surface area is 155 Å². The van der Waals surface area contributed by atoms with Crippen LogP contribution in [0.2, 0.25) is 0 Å². The van der Waals surface area contributed by atoms with Gasteiger partial charge in [0.25, 0.3) is 0 Å². The number of hydrogen-bond donors (Lipinski definition) is 0. The van der Waals surface area contributed by atoms with E-state index in [9.17, 15) is 9.59 Å². The molecule has 0 saturated carbocycles. The average molecular weight is 359 g/mol. The molecule has 0 aromatic carbocycles. The zero-order valence-corrected chi connectivity index (χ0v) is 15.7. The molecule has 2 fully saturated rings. The summed E-state index contributed by atoms with van der Waals surface area (Å²) in [4.78, 5) is 32.6. The van der Waals surface area contributed by atoms with Crippen LogP contribution in [0.5, 0.6) is 0 Å². The van der Waals surface area contributed by atoms with E-state index in [0.717, 1.165) is 51.1 Å². The minimum atomic E-state index is -0.137. The van der Waals surface area contributed by atoms with Crippen LogP contribution in [0.4, 0.5) is 0 Å². The molecule has 0 bridgehead atoms. The normalized spacial score (nSPS) is 24.0. The van der Waals surface area contributed by atoms with Gasteiger partial charge in [-0.25, -0.2) is 0 Å². The van der Waals surface area contributed by atoms with E-state index in [0.29, 0.717) is 19.4 Å². The molecule has 1 spiro atoms. The van der Waals surface area contributed by atoms with E-state index in [-0.39, 0.29) is 17.3 Å². The van der Waals surface area contributed by atoms with Gasteiger partial charge in [0.2, 0.25) is 5.91 Å². The highest BCUT2D eigenvalue weighted by Crippen LogP contribution is 2.39. The molecule has 0 radical (unpaired) electrons. The summed E-state index contributed by atoms with van der Waals surface area (Å²) in [6.07, 6.45) is 7.02. The standard InChI is InChI=1S/C20H29N3O3/c1-26-19(25)7-4-12-22-13-5-9-20(15-22)10-8-18(24)23(16-20)14-17-6-2-3-11-21-17/h2-3,6,11H,4-5,7-10,12-16H2,1H3. The van der Waals surface area contributed by atoms with Gasteiger partial charge in [0.15, 0.2) is 0 Å². The Kier molecular flexibility index (Phi) is 6.25. The van der Waals surface area contributed by atoms with Gasteiger partial charge in [-0.3, -0.25) is 14.6 Å². The number of nitrogens with zero attached hydrogens (tertiary/aromatic N) is 3. The summed E-state index contributed by atoms with van der Waals surface area (Å²) in [5.41, 5.74) is 1.13. The zero-order chi connectivity index (χ0) is 18.4. The molecule has 0 aliphatic carbocycles. The van der Waals surface area contributed by atoms with Crippen molar-refractivity contribution in [2.24, 2.45) is 5.41 Å². The van der Waals surface area contributed by atoms with E-state index in [1.54, 1.807) is 6.20 Å². The summed E-state index contributed by atoms with van der Waals surface area (Å²) in [5, 5.41) is 0. The summed E-state index contributed by atoms with van der Waals surface area (Å²) < 4.78 is 4.72. The monoisotopic (exact) mass is 359 g/mol. The molecule has 2 aliphatic rings. The SMILES string of the molecule is COC(=O)CCCN1CCCC2(CCC(=O)N(Cc3ccccn3)C2)C1. The number of esters is 1. The van der Waals surface area contributed by atoms with E-state index in [4.69, 9.17) is 4.74 Å². The number of amides is 1. The van der Waals surface area contributed by atoms with E-state index in [2.05, 4.69) is 9.88 Å². The lowest BCUT2D eigenvalue weighted by Crippen LogP contribution is -2.53. The number of likely N-dealkylation sites (tertiary alicyclic amines) is 2. The predicted octanol–water partition coefficient (Wildman–Crippen LogP) is 2.24. The molecule has 2 aliphatic heterocycles. The predicted molar refractivity (Wildman–Crippen MR) is 98.2 cm³/mol. The van der Waals surface area contributed by atoms with Crippen molar-refractivity contribution in [1.29, 1.82) is 0 Å². The van der Waals surface area contributed by atoms with Crippen molar-refractivity contribution >= 4 is 11.9 Å². The lowest BCUT2D eigenvalue weighted by atomic mass is 9.73. The zero-order valence-electron chi connectivity index (χ0n) is 15.7. The maximum absolute atomic E-state index is 12.4. The number of carbonyl (C=O) groups is 2.